The number of carbonyl (C=O) groups excluding carboxylic acids is 1. The molecule has 0 aliphatic carbocycles. The Labute approximate surface area is 80.1 Å². The molecule has 1 aromatic heterocycles. The Bertz CT molecular complexity index is 511. The van der Waals surface area contributed by atoms with Gasteiger partial charge < -0.3 is 0 Å². The number of hydrogen-bond acceptors (Lipinski definition) is 4. The molecule has 0 amide bonds. The van der Waals surface area contributed by atoms with Crippen LogP contribution in [-0.4, -0.2) is 21.1 Å². The van der Waals surface area contributed by atoms with Gasteiger partial charge in [0.2, 0.25) is 6.08 Å². The number of fused-ring (bicyclic) bond motifs is 1. The molecule has 0 atom stereocenters. The zero-order chi connectivity index (χ0) is 9.97. The molecule has 0 radical (unpaired) electrons. The standard InChI is InChI=1S/C9H8N4O/c1-13-9-3-2-7(5-10-6-14)4-8(9)11-12-13/h2-4H,5H2,1H3. The molecule has 1 heterocycles. The first-order chi connectivity index (χ1) is 6.81. The molecule has 14 heavy (non-hydrogen) atoms. The van der Waals surface area contributed by atoms with Crippen molar-refractivity contribution in [1.82, 2.24) is 15.0 Å². The molecule has 0 N–H and O–H groups in total. The molecule has 0 aliphatic rings. The van der Waals surface area contributed by atoms with E-state index in [1.54, 1.807) is 4.68 Å². The maximum Gasteiger partial charge on any atom is 0.235 e. The molecule has 0 saturated carbocycles. The maximum absolute atomic E-state index is 9.92. The monoisotopic (exact) mass is 188 g/mol. The predicted molar refractivity (Wildman–Crippen MR) is 50.3 cm³/mol. The van der Waals surface area contributed by atoms with Crippen molar-refractivity contribution in [2.75, 3.05) is 0 Å². The first kappa shape index (κ1) is 8.59. The average molecular weight is 188 g/mol. The highest BCUT2D eigenvalue weighted by atomic mass is 16.1. The smallest absolute Gasteiger partial charge is 0.235 e. The highest BCUT2D eigenvalue weighted by molar-refractivity contribution is 5.74. The van der Waals surface area contributed by atoms with Gasteiger partial charge in [0.1, 0.15) is 5.52 Å². The van der Waals surface area contributed by atoms with Gasteiger partial charge in [0.15, 0.2) is 0 Å². The summed E-state index contributed by atoms with van der Waals surface area (Å²) in [5.74, 6) is 0. The summed E-state index contributed by atoms with van der Waals surface area (Å²) in [4.78, 5) is 13.4. The van der Waals surface area contributed by atoms with Crippen LogP contribution in [0.1, 0.15) is 5.56 Å². The van der Waals surface area contributed by atoms with E-state index in [-0.39, 0.29) is 0 Å². The van der Waals surface area contributed by atoms with Crippen LogP contribution < -0.4 is 0 Å². The second kappa shape index (κ2) is 3.40. The van der Waals surface area contributed by atoms with Gasteiger partial charge in [-0.3, -0.25) is 0 Å². The number of nitrogens with zero attached hydrogens (tertiary/aromatic N) is 4. The second-order valence-corrected chi connectivity index (χ2v) is 2.94. The quantitative estimate of drug-likeness (QED) is 0.517. The van der Waals surface area contributed by atoms with Gasteiger partial charge in [0, 0.05) is 7.05 Å². The third-order valence-corrected chi connectivity index (χ3v) is 2.00. The summed E-state index contributed by atoms with van der Waals surface area (Å²) in [6, 6.07) is 5.67. The molecule has 2 rings (SSSR count). The van der Waals surface area contributed by atoms with Gasteiger partial charge in [-0.1, -0.05) is 11.3 Å². The molecular formula is C9H8N4O. The van der Waals surface area contributed by atoms with E-state index < -0.39 is 0 Å². The van der Waals surface area contributed by atoms with Crippen LogP contribution in [0.5, 0.6) is 0 Å². The van der Waals surface area contributed by atoms with Crippen LogP contribution in [0, 0.1) is 0 Å². The lowest BCUT2D eigenvalue weighted by Gasteiger charge is -1.95. The topological polar surface area (TPSA) is 60.1 Å². The van der Waals surface area contributed by atoms with Crippen LogP contribution in [0.25, 0.3) is 11.0 Å². The minimum atomic E-state index is 0.343. The Morgan fingerprint density at radius 2 is 2.43 bits per heavy atom. The Balaban J connectivity index is 2.46. The van der Waals surface area contributed by atoms with E-state index in [1.807, 2.05) is 25.2 Å². The zero-order valence-electron chi connectivity index (χ0n) is 7.64. The Morgan fingerprint density at radius 1 is 1.57 bits per heavy atom. The summed E-state index contributed by atoms with van der Waals surface area (Å²) in [7, 11) is 1.83. The molecule has 0 aliphatic heterocycles. The van der Waals surface area contributed by atoms with Gasteiger partial charge in [-0.05, 0) is 17.7 Å². The fourth-order valence-electron chi connectivity index (χ4n) is 1.31. The van der Waals surface area contributed by atoms with Gasteiger partial charge in [0.05, 0.1) is 12.1 Å². The summed E-state index contributed by atoms with van der Waals surface area (Å²) < 4.78 is 1.70. The maximum atomic E-state index is 9.92. The minimum Gasteiger partial charge on any atom is -0.248 e. The zero-order valence-corrected chi connectivity index (χ0v) is 7.64. The number of benzene rings is 1. The molecule has 70 valence electrons. The molecule has 0 fully saturated rings. The molecule has 5 heteroatoms. The first-order valence-corrected chi connectivity index (χ1v) is 4.13. The largest absolute Gasteiger partial charge is 0.248 e. The van der Waals surface area contributed by atoms with Crippen molar-refractivity contribution >= 4 is 17.1 Å². The summed E-state index contributed by atoms with van der Waals surface area (Å²) in [6.45, 7) is 0.343. The summed E-state index contributed by atoms with van der Waals surface area (Å²) in [6.07, 6.45) is 1.50. The highest BCUT2D eigenvalue weighted by Gasteiger charge is 2.01. The van der Waals surface area contributed by atoms with E-state index >= 15 is 0 Å². The fourth-order valence-corrected chi connectivity index (χ4v) is 1.31. The molecule has 2 aromatic rings. The van der Waals surface area contributed by atoms with E-state index in [9.17, 15) is 4.79 Å². The number of rotatable bonds is 2. The highest BCUT2D eigenvalue weighted by Crippen LogP contribution is 2.12. The van der Waals surface area contributed by atoms with Crippen molar-refractivity contribution in [3.05, 3.63) is 23.8 Å². The molecule has 0 saturated heterocycles. The number of aromatic nitrogens is 3. The number of aliphatic imine (C=N–C) groups is 1. The number of aryl methyl sites for hydroxylation is 1. The van der Waals surface area contributed by atoms with Crippen molar-refractivity contribution in [2.24, 2.45) is 12.0 Å². The molecule has 0 unspecified atom stereocenters. The van der Waals surface area contributed by atoms with Crippen molar-refractivity contribution in [2.45, 2.75) is 6.54 Å². The molecule has 0 bridgehead atoms. The predicted octanol–water partition coefficient (Wildman–Crippen LogP) is 0.804. The van der Waals surface area contributed by atoms with Gasteiger partial charge in [-0.2, -0.15) is 0 Å². The SMILES string of the molecule is Cn1nnc2cc(CN=C=O)ccc21. The number of isocyanates is 1. The lowest BCUT2D eigenvalue weighted by atomic mass is 10.2. The van der Waals surface area contributed by atoms with Crippen molar-refractivity contribution < 1.29 is 4.79 Å². The minimum absolute atomic E-state index is 0.343. The van der Waals surface area contributed by atoms with E-state index in [4.69, 9.17) is 0 Å². The molecule has 5 nitrogen and oxygen atoms in total. The summed E-state index contributed by atoms with van der Waals surface area (Å²) in [5.41, 5.74) is 2.70. The first-order valence-electron chi connectivity index (χ1n) is 4.13. The van der Waals surface area contributed by atoms with Crippen molar-refractivity contribution in [3.8, 4) is 0 Å². The van der Waals surface area contributed by atoms with Gasteiger partial charge >= 0.3 is 0 Å². The summed E-state index contributed by atoms with van der Waals surface area (Å²) in [5, 5.41) is 7.84. The van der Waals surface area contributed by atoms with Crippen molar-refractivity contribution in [1.29, 1.82) is 0 Å². The van der Waals surface area contributed by atoms with Gasteiger partial charge in [0.25, 0.3) is 0 Å². The Morgan fingerprint density at radius 3 is 3.21 bits per heavy atom. The Hall–Kier alpha value is -2.00. The number of hydrogen-bond donors (Lipinski definition) is 0. The van der Waals surface area contributed by atoms with Gasteiger partial charge in [-0.15, -0.1) is 5.10 Å². The van der Waals surface area contributed by atoms with Crippen LogP contribution in [-0.2, 0) is 18.4 Å². The van der Waals surface area contributed by atoms with Crippen LogP contribution in [0.4, 0.5) is 0 Å². The molecule has 1 aromatic carbocycles. The van der Waals surface area contributed by atoms with E-state index in [0.29, 0.717) is 6.54 Å². The molecule has 0 spiro atoms. The average Bonchev–Trinajstić information content (AvgIpc) is 2.57. The van der Waals surface area contributed by atoms with E-state index in [2.05, 4.69) is 15.3 Å². The normalized spacial score (nSPS) is 10.1. The van der Waals surface area contributed by atoms with Crippen molar-refractivity contribution in [3.63, 3.8) is 0 Å². The molecular weight excluding hydrogens is 180 g/mol. The van der Waals surface area contributed by atoms with Crippen LogP contribution in [0.3, 0.4) is 0 Å². The third kappa shape index (κ3) is 1.41. The van der Waals surface area contributed by atoms with Crippen LogP contribution in [0.2, 0.25) is 0 Å². The Kier molecular flexibility index (Phi) is 2.08. The second-order valence-electron chi connectivity index (χ2n) is 2.94. The fraction of sp³-hybridized carbons (Fsp3) is 0.222. The van der Waals surface area contributed by atoms with Crippen LogP contribution >= 0.6 is 0 Å². The van der Waals surface area contributed by atoms with E-state index in [1.165, 1.54) is 6.08 Å². The lowest BCUT2D eigenvalue weighted by Crippen LogP contribution is -1.89. The van der Waals surface area contributed by atoms with Gasteiger partial charge in [-0.25, -0.2) is 14.5 Å². The van der Waals surface area contributed by atoms with Crippen LogP contribution in [0.15, 0.2) is 23.2 Å². The lowest BCUT2D eigenvalue weighted by molar-refractivity contribution is 0.563. The summed E-state index contributed by atoms with van der Waals surface area (Å²) >= 11 is 0. The third-order valence-electron chi connectivity index (χ3n) is 2.00. The van der Waals surface area contributed by atoms with E-state index in [0.717, 1.165) is 16.6 Å².